The molecule has 0 amide bonds. The standard InChI is InChI=1S/C17H22N4O6S.ClH/c1-12-9-13(25-7-4-8-26-21-17(18)19)11-14(10-12)27-28(23,24)16-6-3-2-5-15(16)20-22;/h2-3,5-6,9-11,20,22H,4,7-8H2,1H3,(H4,18,19,21);1H. The van der Waals surface area contributed by atoms with E-state index >= 15 is 0 Å². The molecular formula is C17H23ClN4O6S. The smallest absolute Gasteiger partial charge is 0.341 e. The lowest BCUT2D eigenvalue weighted by molar-refractivity contribution is 0.0733. The second-order valence-corrected chi connectivity index (χ2v) is 7.21. The van der Waals surface area contributed by atoms with Crippen LogP contribution >= 0.6 is 12.4 Å². The summed E-state index contributed by atoms with van der Waals surface area (Å²) in [6.07, 6.45) is 0.512. The van der Waals surface area contributed by atoms with Crippen molar-refractivity contribution in [2.24, 2.45) is 5.73 Å². The predicted molar refractivity (Wildman–Crippen MR) is 109 cm³/mol. The van der Waals surface area contributed by atoms with Gasteiger partial charge in [0.05, 0.1) is 18.9 Å². The van der Waals surface area contributed by atoms with Crippen LogP contribution in [0, 0.1) is 12.3 Å². The minimum Gasteiger partial charge on any atom is -0.493 e. The van der Waals surface area contributed by atoms with E-state index in [9.17, 15) is 8.42 Å². The van der Waals surface area contributed by atoms with Gasteiger partial charge in [-0.25, -0.2) is 5.48 Å². The van der Waals surface area contributed by atoms with Crippen LogP contribution in [0.4, 0.5) is 5.69 Å². The first-order valence-electron chi connectivity index (χ1n) is 8.22. The summed E-state index contributed by atoms with van der Waals surface area (Å²) in [4.78, 5) is 4.71. The van der Waals surface area contributed by atoms with Crippen molar-refractivity contribution in [1.82, 2.24) is 5.48 Å². The van der Waals surface area contributed by atoms with Gasteiger partial charge in [-0.05, 0) is 36.8 Å². The van der Waals surface area contributed by atoms with Crippen LogP contribution in [0.5, 0.6) is 11.5 Å². The first kappa shape index (κ1) is 24.3. The normalized spacial score (nSPS) is 10.6. The van der Waals surface area contributed by atoms with Gasteiger partial charge >= 0.3 is 10.1 Å². The Balaban J connectivity index is 0.00000420. The minimum absolute atomic E-state index is 0. The first-order valence-corrected chi connectivity index (χ1v) is 9.62. The number of nitrogens with one attached hydrogen (secondary N) is 3. The van der Waals surface area contributed by atoms with E-state index < -0.39 is 10.1 Å². The zero-order chi connectivity index (χ0) is 20.6. The average Bonchev–Trinajstić information content (AvgIpc) is 2.63. The van der Waals surface area contributed by atoms with Crippen LogP contribution in [-0.4, -0.2) is 32.8 Å². The van der Waals surface area contributed by atoms with E-state index in [0.717, 1.165) is 5.56 Å². The van der Waals surface area contributed by atoms with Gasteiger partial charge in [0.25, 0.3) is 0 Å². The summed E-state index contributed by atoms with van der Waals surface area (Å²) in [5, 5.41) is 16.0. The van der Waals surface area contributed by atoms with E-state index in [4.69, 9.17) is 30.1 Å². The molecule has 12 heteroatoms. The second kappa shape index (κ2) is 11.3. The Bertz CT molecular complexity index is 926. The van der Waals surface area contributed by atoms with Crippen molar-refractivity contribution >= 4 is 34.2 Å². The molecular weight excluding hydrogens is 424 g/mol. The molecule has 2 aromatic carbocycles. The SMILES string of the molecule is Cc1cc(OCCCONC(=N)N)cc(OS(=O)(=O)c2ccccc2NO)c1.Cl. The van der Waals surface area contributed by atoms with Crippen LogP contribution in [0.15, 0.2) is 47.4 Å². The highest BCUT2D eigenvalue weighted by molar-refractivity contribution is 7.87. The number of ether oxygens (including phenoxy) is 1. The fourth-order valence-electron chi connectivity index (χ4n) is 2.24. The van der Waals surface area contributed by atoms with Crippen molar-refractivity contribution < 1.29 is 27.4 Å². The zero-order valence-corrected chi connectivity index (χ0v) is 17.2. The lowest BCUT2D eigenvalue weighted by Crippen LogP contribution is -2.30. The van der Waals surface area contributed by atoms with Gasteiger partial charge in [-0.1, -0.05) is 12.1 Å². The number of benzene rings is 2. The molecule has 0 spiro atoms. The van der Waals surface area contributed by atoms with Gasteiger partial charge in [-0.3, -0.25) is 20.9 Å². The molecule has 0 saturated heterocycles. The number of rotatable bonds is 10. The van der Waals surface area contributed by atoms with E-state index in [0.29, 0.717) is 18.8 Å². The molecule has 0 aliphatic carbocycles. The van der Waals surface area contributed by atoms with Gasteiger partial charge in [0.1, 0.15) is 16.4 Å². The van der Waals surface area contributed by atoms with Crippen LogP contribution in [0.3, 0.4) is 0 Å². The Morgan fingerprint density at radius 3 is 2.55 bits per heavy atom. The summed E-state index contributed by atoms with van der Waals surface area (Å²) in [5.41, 5.74) is 9.87. The molecule has 160 valence electrons. The van der Waals surface area contributed by atoms with Gasteiger partial charge in [-0.2, -0.15) is 8.42 Å². The third-order valence-corrected chi connectivity index (χ3v) is 4.66. The lowest BCUT2D eigenvalue weighted by atomic mass is 10.2. The third-order valence-electron chi connectivity index (χ3n) is 3.35. The number of hydrogen-bond donors (Lipinski definition) is 5. The Morgan fingerprint density at radius 1 is 1.17 bits per heavy atom. The number of hydrogen-bond acceptors (Lipinski definition) is 8. The number of nitrogens with two attached hydrogens (primary N) is 1. The van der Waals surface area contributed by atoms with Gasteiger partial charge in [0.15, 0.2) is 0 Å². The van der Waals surface area contributed by atoms with E-state index in [2.05, 4.69) is 5.48 Å². The number of halogens is 1. The Hall–Kier alpha value is -2.73. The molecule has 0 radical (unpaired) electrons. The van der Waals surface area contributed by atoms with Crippen molar-refractivity contribution in [1.29, 1.82) is 5.41 Å². The monoisotopic (exact) mass is 446 g/mol. The Morgan fingerprint density at radius 2 is 1.86 bits per heavy atom. The van der Waals surface area contributed by atoms with Crippen LogP contribution in [0.2, 0.25) is 0 Å². The van der Waals surface area contributed by atoms with Gasteiger partial charge < -0.3 is 14.7 Å². The summed E-state index contributed by atoms with van der Waals surface area (Å²) in [6, 6.07) is 10.6. The van der Waals surface area contributed by atoms with Crippen LogP contribution in [0.25, 0.3) is 0 Å². The summed E-state index contributed by atoms with van der Waals surface area (Å²) < 4.78 is 35.8. The molecule has 2 aromatic rings. The van der Waals surface area contributed by atoms with Crippen molar-refractivity contribution in [2.45, 2.75) is 18.2 Å². The molecule has 0 unspecified atom stereocenters. The summed E-state index contributed by atoms with van der Waals surface area (Å²) in [6.45, 7) is 2.34. The Labute approximate surface area is 174 Å². The molecule has 2 rings (SSSR count). The minimum atomic E-state index is -4.17. The summed E-state index contributed by atoms with van der Waals surface area (Å²) >= 11 is 0. The fourth-order valence-corrected chi connectivity index (χ4v) is 3.31. The summed E-state index contributed by atoms with van der Waals surface area (Å²) in [7, 11) is -4.17. The number of para-hydroxylation sites is 1. The van der Waals surface area contributed by atoms with E-state index in [1.54, 1.807) is 25.1 Å². The largest absolute Gasteiger partial charge is 0.493 e. The molecule has 0 atom stereocenters. The predicted octanol–water partition coefficient (Wildman–Crippen LogP) is 2.17. The quantitative estimate of drug-likeness (QED) is 0.121. The molecule has 10 nitrogen and oxygen atoms in total. The maximum absolute atomic E-state index is 12.5. The van der Waals surface area contributed by atoms with E-state index in [-0.39, 0.29) is 41.3 Å². The van der Waals surface area contributed by atoms with Crippen molar-refractivity contribution in [3.8, 4) is 11.5 Å². The zero-order valence-electron chi connectivity index (χ0n) is 15.5. The Kier molecular flexibility index (Phi) is 9.48. The van der Waals surface area contributed by atoms with Crippen LogP contribution in [-0.2, 0) is 15.0 Å². The molecule has 0 heterocycles. The number of aryl methyl sites for hydroxylation is 1. The highest BCUT2D eigenvalue weighted by Gasteiger charge is 2.21. The average molecular weight is 447 g/mol. The maximum Gasteiger partial charge on any atom is 0.341 e. The molecule has 0 aromatic heterocycles. The van der Waals surface area contributed by atoms with Crippen LogP contribution in [0.1, 0.15) is 12.0 Å². The first-order chi connectivity index (χ1) is 13.3. The van der Waals surface area contributed by atoms with Crippen molar-refractivity contribution in [3.05, 3.63) is 48.0 Å². The van der Waals surface area contributed by atoms with E-state index in [1.807, 2.05) is 5.48 Å². The number of hydroxylamine groups is 1. The van der Waals surface area contributed by atoms with E-state index in [1.165, 1.54) is 24.3 Å². The fraction of sp³-hybridized carbons (Fsp3) is 0.235. The van der Waals surface area contributed by atoms with Gasteiger partial charge in [0.2, 0.25) is 5.96 Å². The molecule has 0 bridgehead atoms. The number of anilines is 1. The highest BCUT2D eigenvalue weighted by atomic mass is 35.5. The van der Waals surface area contributed by atoms with Crippen molar-refractivity contribution in [3.63, 3.8) is 0 Å². The second-order valence-electron chi connectivity index (χ2n) is 5.69. The van der Waals surface area contributed by atoms with Gasteiger partial charge in [-0.15, -0.1) is 12.4 Å². The summed E-state index contributed by atoms with van der Waals surface area (Å²) in [5.74, 6) is 0.219. The van der Waals surface area contributed by atoms with Gasteiger partial charge in [0, 0.05) is 12.5 Å². The topological polar surface area (TPSA) is 156 Å². The molecule has 0 aliphatic rings. The molecule has 6 N–H and O–H groups in total. The highest BCUT2D eigenvalue weighted by Crippen LogP contribution is 2.28. The third kappa shape index (κ3) is 7.66. The van der Waals surface area contributed by atoms with Crippen LogP contribution < -0.4 is 25.6 Å². The molecule has 0 saturated carbocycles. The maximum atomic E-state index is 12.5. The lowest BCUT2D eigenvalue weighted by Gasteiger charge is -2.13. The van der Waals surface area contributed by atoms with Crippen molar-refractivity contribution in [2.75, 3.05) is 18.7 Å². The molecule has 29 heavy (non-hydrogen) atoms. The number of guanidine groups is 1. The molecule has 0 fully saturated rings. The molecule has 0 aliphatic heterocycles.